The van der Waals surface area contributed by atoms with E-state index < -0.39 is 12.0 Å². The number of carbonyl (C=O) groups is 1. The quantitative estimate of drug-likeness (QED) is 0.604. The maximum absolute atomic E-state index is 10.9. The minimum Gasteiger partial charge on any atom is -0.480 e. The maximum atomic E-state index is 10.9. The number of carboxylic acid groups (broad SMARTS) is 1. The first kappa shape index (κ1) is 14.0. The molecule has 3 heteroatoms. The van der Waals surface area contributed by atoms with Gasteiger partial charge in [0.1, 0.15) is 6.04 Å². The molecule has 0 saturated carbocycles. The summed E-state index contributed by atoms with van der Waals surface area (Å²) in [6.07, 6.45) is 9.67. The van der Waals surface area contributed by atoms with Crippen molar-refractivity contribution in [3.63, 3.8) is 0 Å². The van der Waals surface area contributed by atoms with Crippen LogP contribution in [-0.2, 0) is 4.79 Å². The zero-order chi connectivity index (χ0) is 11.7. The van der Waals surface area contributed by atoms with Crippen LogP contribution in [0.15, 0.2) is 0 Å². The largest absolute Gasteiger partial charge is 0.480 e. The van der Waals surface area contributed by atoms with Crippen LogP contribution in [0, 0.1) is 12.3 Å². The highest BCUT2D eigenvalue weighted by Gasteiger charge is 2.19. The normalized spacial score (nSPS) is 14.2. The molecule has 0 aromatic heterocycles. The molecular formula is C12H21NO2. The minimum absolute atomic E-state index is 0.118. The minimum atomic E-state index is -0.806. The molecule has 2 atom stereocenters. The maximum Gasteiger partial charge on any atom is 0.320 e. The number of nitrogens with one attached hydrogen (secondary N) is 1. The van der Waals surface area contributed by atoms with Gasteiger partial charge in [0.05, 0.1) is 6.04 Å². The van der Waals surface area contributed by atoms with Crippen molar-refractivity contribution < 1.29 is 9.90 Å². The molecule has 15 heavy (non-hydrogen) atoms. The lowest BCUT2D eigenvalue weighted by Gasteiger charge is -2.18. The molecule has 0 saturated heterocycles. The summed E-state index contributed by atoms with van der Waals surface area (Å²) in [5, 5.41) is 12.0. The van der Waals surface area contributed by atoms with Crippen LogP contribution in [0.5, 0.6) is 0 Å². The van der Waals surface area contributed by atoms with Crippen LogP contribution in [0.4, 0.5) is 0 Å². The second-order valence-corrected chi connectivity index (χ2v) is 3.71. The van der Waals surface area contributed by atoms with Gasteiger partial charge in [-0.1, -0.05) is 39.0 Å². The fourth-order valence-electron chi connectivity index (χ4n) is 1.43. The Morgan fingerprint density at radius 3 is 2.47 bits per heavy atom. The second-order valence-electron chi connectivity index (χ2n) is 3.71. The van der Waals surface area contributed by atoms with E-state index in [0.29, 0.717) is 6.42 Å². The van der Waals surface area contributed by atoms with Gasteiger partial charge in [0.2, 0.25) is 0 Å². The zero-order valence-electron chi connectivity index (χ0n) is 9.62. The Hall–Kier alpha value is -1.01. The molecule has 0 fully saturated rings. The van der Waals surface area contributed by atoms with Gasteiger partial charge in [0.25, 0.3) is 0 Å². The van der Waals surface area contributed by atoms with E-state index in [2.05, 4.69) is 11.2 Å². The molecule has 0 radical (unpaired) electrons. The predicted molar refractivity (Wildman–Crippen MR) is 61.6 cm³/mol. The first-order valence-electron chi connectivity index (χ1n) is 5.60. The first-order valence-corrected chi connectivity index (χ1v) is 5.60. The summed E-state index contributed by atoms with van der Waals surface area (Å²) < 4.78 is 0. The van der Waals surface area contributed by atoms with Gasteiger partial charge in [0.15, 0.2) is 0 Å². The molecule has 2 N–H and O–H groups in total. The molecule has 86 valence electrons. The van der Waals surface area contributed by atoms with Crippen LogP contribution in [0.2, 0.25) is 0 Å². The van der Waals surface area contributed by atoms with E-state index in [4.69, 9.17) is 11.5 Å². The third kappa shape index (κ3) is 6.14. The van der Waals surface area contributed by atoms with Crippen molar-refractivity contribution in [2.75, 3.05) is 0 Å². The van der Waals surface area contributed by atoms with Crippen molar-refractivity contribution in [1.29, 1.82) is 0 Å². The highest BCUT2D eigenvalue weighted by molar-refractivity contribution is 5.73. The Kier molecular flexibility index (Phi) is 7.75. The molecule has 0 aliphatic carbocycles. The summed E-state index contributed by atoms with van der Waals surface area (Å²) in [6, 6.07) is -0.620. The molecule has 0 aromatic carbocycles. The van der Waals surface area contributed by atoms with E-state index >= 15 is 0 Å². The van der Waals surface area contributed by atoms with E-state index in [-0.39, 0.29) is 6.04 Å². The van der Waals surface area contributed by atoms with Crippen LogP contribution < -0.4 is 5.32 Å². The van der Waals surface area contributed by atoms with Crippen molar-refractivity contribution in [1.82, 2.24) is 5.32 Å². The molecule has 0 aliphatic rings. The second kappa shape index (κ2) is 8.31. The van der Waals surface area contributed by atoms with Gasteiger partial charge in [-0.15, -0.1) is 6.42 Å². The molecule has 0 aliphatic heterocycles. The van der Waals surface area contributed by atoms with E-state index in [1.807, 2.05) is 13.8 Å². The van der Waals surface area contributed by atoms with E-state index in [1.54, 1.807) is 0 Å². The third-order valence-corrected chi connectivity index (χ3v) is 2.33. The molecule has 0 aromatic rings. The number of hydrogen-bond donors (Lipinski definition) is 2. The van der Waals surface area contributed by atoms with Gasteiger partial charge in [-0.3, -0.25) is 10.1 Å². The van der Waals surface area contributed by atoms with Crippen LogP contribution in [0.1, 0.15) is 46.0 Å². The number of unbranched alkanes of at least 4 members (excludes halogenated alkanes) is 1. The van der Waals surface area contributed by atoms with Crippen molar-refractivity contribution in [2.45, 2.75) is 58.0 Å². The van der Waals surface area contributed by atoms with E-state index in [1.165, 1.54) is 0 Å². The fraction of sp³-hybridized carbons (Fsp3) is 0.750. The molecular weight excluding hydrogens is 190 g/mol. The average molecular weight is 211 g/mol. The summed E-state index contributed by atoms with van der Waals surface area (Å²) in [4.78, 5) is 10.9. The number of carboxylic acids is 1. The molecule has 0 amide bonds. The number of hydrogen-bond acceptors (Lipinski definition) is 2. The van der Waals surface area contributed by atoms with Gasteiger partial charge in [-0.05, 0) is 12.8 Å². The molecule has 2 unspecified atom stereocenters. The van der Waals surface area contributed by atoms with Crippen LogP contribution >= 0.6 is 0 Å². The summed E-state index contributed by atoms with van der Waals surface area (Å²) in [7, 11) is 0. The first-order chi connectivity index (χ1) is 7.15. The van der Waals surface area contributed by atoms with Gasteiger partial charge >= 0.3 is 5.97 Å². The average Bonchev–Trinajstić information content (AvgIpc) is 2.22. The summed E-state index contributed by atoms with van der Waals surface area (Å²) in [5.41, 5.74) is 0. The molecule has 0 heterocycles. The lowest BCUT2D eigenvalue weighted by atomic mass is 10.1. The van der Waals surface area contributed by atoms with E-state index in [0.717, 1.165) is 25.7 Å². The van der Waals surface area contributed by atoms with Gasteiger partial charge in [-0.2, -0.15) is 0 Å². The van der Waals surface area contributed by atoms with Crippen molar-refractivity contribution in [3.8, 4) is 12.3 Å². The smallest absolute Gasteiger partial charge is 0.320 e. The zero-order valence-corrected chi connectivity index (χ0v) is 9.62. The highest BCUT2D eigenvalue weighted by Crippen LogP contribution is 2.04. The Labute approximate surface area is 92.3 Å². The predicted octanol–water partition coefficient (Wildman–Crippen LogP) is 2.02. The Morgan fingerprint density at radius 2 is 2.07 bits per heavy atom. The van der Waals surface area contributed by atoms with Crippen molar-refractivity contribution in [2.24, 2.45) is 0 Å². The fourth-order valence-corrected chi connectivity index (χ4v) is 1.43. The summed E-state index contributed by atoms with van der Waals surface area (Å²) >= 11 is 0. The van der Waals surface area contributed by atoms with E-state index in [9.17, 15) is 4.79 Å². The molecule has 3 nitrogen and oxygen atoms in total. The topological polar surface area (TPSA) is 49.3 Å². The van der Waals surface area contributed by atoms with Gasteiger partial charge in [-0.25, -0.2) is 0 Å². The van der Waals surface area contributed by atoms with Crippen molar-refractivity contribution in [3.05, 3.63) is 0 Å². The van der Waals surface area contributed by atoms with Gasteiger partial charge < -0.3 is 5.11 Å². The number of terminal acetylenes is 1. The summed E-state index contributed by atoms with van der Waals surface area (Å²) in [6.45, 7) is 4.08. The Morgan fingerprint density at radius 1 is 1.40 bits per heavy atom. The van der Waals surface area contributed by atoms with Crippen LogP contribution in [0.25, 0.3) is 0 Å². The monoisotopic (exact) mass is 211 g/mol. The number of aliphatic carboxylic acids is 1. The molecule has 0 bridgehead atoms. The lowest BCUT2D eigenvalue weighted by Crippen LogP contribution is -2.42. The Bertz CT molecular complexity index is 220. The SMILES string of the molecule is C#CC(CCC)NC(CCCC)C(=O)O. The van der Waals surface area contributed by atoms with Crippen molar-refractivity contribution >= 4 is 5.97 Å². The lowest BCUT2D eigenvalue weighted by molar-refractivity contribution is -0.139. The van der Waals surface area contributed by atoms with Crippen LogP contribution in [0.3, 0.4) is 0 Å². The van der Waals surface area contributed by atoms with Gasteiger partial charge in [0, 0.05) is 0 Å². The Balaban J connectivity index is 4.13. The van der Waals surface area contributed by atoms with Crippen LogP contribution in [-0.4, -0.2) is 23.2 Å². The summed E-state index contributed by atoms with van der Waals surface area (Å²) in [5.74, 6) is 1.78. The molecule has 0 rings (SSSR count). The standard InChI is InChI=1S/C12H21NO2/c1-4-7-9-11(12(14)15)13-10(6-3)8-5-2/h3,10-11,13H,4-5,7-9H2,1-2H3,(H,14,15). The number of rotatable bonds is 8. The highest BCUT2D eigenvalue weighted by atomic mass is 16.4. The molecule has 0 spiro atoms. The third-order valence-electron chi connectivity index (χ3n) is 2.33.